The molecule has 0 heterocycles. The van der Waals surface area contributed by atoms with Crippen LogP contribution in [-0.2, 0) is 4.79 Å². The summed E-state index contributed by atoms with van der Waals surface area (Å²) in [4.78, 5) is 14.0. The second-order valence-corrected chi connectivity index (χ2v) is 4.50. The lowest BCUT2D eigenvalue weighted by molar-refractivity contribution is -0.123. The molecule has 0 unspecified atom stereocenters. The van der Waals surface area contributed by atoms with Gasteiger partial charge < -0.3 is 11.1 Å². The Bertz CT molecular complexity index is 206. The molecule has 0 aromatic rings. The minimum absolute atomic E-state index is 0.0295. The molecule has 0 bridgehead atoms. The Balaban J connectivity index is 4.53. The van der Waals surface area contributed by atoms with Crippen LogP contribution in [0, 0.1) is 0 Å². The van der Waals surface area contributed by atoms with Crippen molar-refractivity contribution in [1.82, 2.24) is 10.2 Å². The maximum Gasteiger partial charge on any atom is 0.234 e. The first-order valence-electron chi connectivity index (χ1n) is 6.81. The van der Waals surface area contributed by atoms with E-state index in [1.165, 1.54) is 0 Å². The monoisotopic (exact) mass is 243 g/mol. The zero-order valence-corrected chi connectivity index (χ0v) is 11.9. The fourth-order valence-electron chi connectivity index (χ4n) is 2.22. The zero-order chi connectivity index (χ0) is 13.3. The average Bonchev–Trinajstić information content (AvgIpc) is 2.37. The second-order valence-electron chi connectivity index (χ2n) is 4.50. The van der Waals surface area contributed by atoms with Crippen LogP contribution >= 0.6 is 0 Å². The van der Waals surface area contributed by atoms with Gasteiger partial charge in [0.15, 0.2) is 0 Å². The van der Waals surface area contributed by atoms with Crippen LogP contribution in [0.5, 0.6) is 0 Å². The standard InChI is InChI=1S/C13H29N3O/c1-5-9-15-12(17)10-16(8-4)13(6-2,7-3)11-14/h5-11,14H2,1-4H3,(H,15,17). The van der Waals surface area contributed by atoms with E-state index in [0.29, 0.717) is 13.1 Å². The summed E-state index contributed by atoms with van der Waals surface area (Å²) in [5.41, 5.74) is 5.88. The van der Waals surface area contributed by atoms with Crippen molar-refractivity contribution >= 4 is 5.91 Å². The van der Waals surface area contributed by atoms with Crippen LogP contribution in [0.25, 0.3) is 0 Å². The summed E-state index contributed by atoms with van der Waals surface area (Å²) in [6.07, 6.45) is 2.94. The van der Waals surface area contributed by atoms with Gasteiger partial charge in [-0.15, -0.1) is 0 Å². The lowest BCUT2D eigenvalue weighted by Crippen LogP contribution is -2.55. The van der Waals surface area contributed by atoms with Crippen LogP contribution < -0.4 is 11.1 Å². The molecule has 0 aromatic carbocycles. The molecule has 0 radical (unpaired) electrons. The average molecular weight is 243 g/mol. The first-order valence-corrected chi connectivity index (χ1v) is 6.81. The number of nitrogens with one attached hydrogen (secondary N) is 1. The van der Waals surface area contributed by atoms with Gasteiger partial charge in [-0.05, 0) is 25.8 Å². The van der Waals surface area contributed by atoms with Gasteiger partial charge in [-0.1, -0.05) is 27.7 Å². The molecule has 0 fully saturated rings. The number of carbonyl (C=O) groups excluding carboxylic acids is 1. The first kappa shape index (κ1) is 16.4. The van der Waals surface area contributed by atoms with Crippen LogP contribution in [0.2, 0.25) is 0 Å². The van der Waals surface area contributed by atoms with Crippen molar-refractivity contribution in [2.24, 2.45) is 5.73 Å². The van der Waals surface area contributed by atoms with Crippen LogP contribution in [0.4, 0.5) is 0 Å². The normalized spacial score (nSPS) is 11.9. The molecular formula is C13H29N3O. The fraction of sp³-hybridized carbons (Fsp3) is 0.923. The predicted octanol–water partition coefficient (Wildman–Crippen LogP) is 1.35. The number of likely N-dealkylation sites (N-methyl/N-ethyl adjacent to an activating group) is 1. The van der Waals surface area contributed by atoms with Gasteiger partial charge in [-0.2, -0.15) is 0 Å². The molecule has 102 valence electrons. The molecule has 3 N–H and O–H groups in total. The van der Waals surface area contributed by atoms with Crippen molar-refractivity contribution in [3.63, 3.8) is 0 Å². The van der Waals surface area contributed by atoms with Gasteiger partial charge in [-0.3, -0.25) is 9.69 Å². The van der Waals surface area contributed by atoms with E-state index in [4.69, 9.17) is 5.73 Å². The third-order valence-corrected chi connectivity index (χ3v) is 3.66. The van der Waals surface area contributed by atoms with Gasteiger partial charge in [0.05, 0.1) is 6.54 Å². The van der Waals surface area contributed by atoms with Gasteiger partial charge >= 0.3 is 0 Å². The number of nitrogens with zero attached hydrogens (tertiary/aromatic N) is 1. The van der Waals surface area contributed by atoms with Gasteiger partial charge in [0, 0.05) is 18.6 Å². The summed E-state index contributed by atoms with van der Waals surface area (Å²) in [5, 5.41) is 2.92. The lowest BCUT2D eigenvalue weighted by atomic mass is 9.90. The molecule has 4 heteroatoms. The minimum atomic E-state index is -0.0295. The number of amides is 1. The highest BCUT2D eigenvalue weighted by molar-refractivity contribution is 5.78. The molecule has 0 aliphatic carbocycles. The van der Waals surface area contributed by atoms with Gasteiger partial charge in [0.1, 0.15) is 0 Å². The number of rotatable bonds is 9. The smallest absolute Gasteiger partial charge is 0.234 e. The van der Waals surface area contributed by atoms with E-state index in [0.717, 1.165) is 32.4 Å². The third kappa shape index (κ3) is 4.64. The Morgan fingerprint density at radius 3 is 2.18 bits per heavy atom. The lowest BCUT2D eigenvalue weighted by Gasteiger charge is -2.41. The van der Waals surface area contributed by atoms with Gasteiger partial charge in [0.2, 0.25) is 5.91 Å². The summed E-state index contributed by atoms with van der Waals surface area (Å²) < 4.78 is 0. The van der Waals surface area contributed by atoms with Crippen LogP contribution in [0.15, 0.2) is 0 Å². The molecule has 0 saturated carbocycles. The molecule has 0 aromatic heterocycles. The molecule has 4 nitrogen and oxygen atoms in total. The molecule has 0 spiro atoms. The summed E-state index contributed by atoms with van der Waals surface area (Å²) in [5.74, 6) is 0.105. The Hall–Kier alpha value is -0.610. The summed E-state index contributed by atoms with van der Waals surface area (Å²) >= 11 is 0. The molecule has 0 atom stereocenters. The number of carbonyl (C=O) groups is 1. The van der Waals surface area contributed by atoms with E-state index in [9.17, 15) is 4.79 Å². The SMILES string of the molecule is CCCNC(=O)CN(CC)C(CC)(CC)CN. The summed E-state index contributed by atoms with van der Waals surface area (Å²) in [6, 6.07) is 0. The maximum atomic E-state index is 11.8. The quantitative estimate of drug-likeness (QED) is 0.643. The highest BCUT2D eigenvalue weighted by atomic mass is 16.2. The van der Waals surface area contributed by atoms with Crippen molar-refractivity contribution < 1.29 is 4.79 Å². The molecule has 0 aliphatic rings. The number of hydrogen-bond donors (Lipinski definition) is 2. The van der Waals surface area contributed by atoms with Gasteiger partial charge in [0.25, 0.3) is 0 Å². The Labute approximate surface area is 106 Å². The van der Waals surface area contributed by atoms with E-state index in [1.54, 1.807) is 0 Å². The summed E-state index contributed by atoms with van der Waals surface area (Å²) in [7, 11) is 0. The van der Waals surface area contributed by atoms with Crippen molar-refractivity contribution in [1.29, 1.82) is 0 Å². The van der Waals surface area contributed by atoms with Crippen LogP contribution in [-0.4, -0.2) is 42.5 Å². The molecule has 0 aliphatic heterocycles. The fourth-order valence-corrected chi connectivity index (χ4v) is 2.22. The predicted molar refractivity (Wildman–Crippen MR) is 72.9 cm³/mol. The van der Waals surface area contributed by atoms with E-state index >= 15 is 0 Å². The third-order valence-electron chi connectivity index (χ3n) is 3.66. The minimum Gasteiger partial charge on any atom is -0.355 e. The summed E-state index contributed by atoms with van der Waals surface area (Å²) in [6.45, 7) is 11.1. The molecular weight excluding hydrogens is 214 g/mol. The molecule has 17 heavy (non-hydrogen) atoms. The molecule has 1 amide bonds. The van der Waals surface area contributed by atoms with E-state index < -0.39 is 0 Å². The van der Waals surface area contributed by atoms with Crippen molar-refractivity contribution in [2.45, 2.75) is 52.5 Å². The van der Waals surface area contributed by atoms with Crippen molar-refractivity contribution in [3.8, 4) is 0 Å². The first-order chi connectivity index (χ1) is 8.10. The van der Waals surface area contributed by atoms with Crippen LogP contribution in [0.1, 0.15) is 47.0 Å². The van der Waals surface area contributed by atoms with Crippen LogP contribution in [0.3, 0.4) is 0 Å². The Morgan fingerprint density at radius 2 is 1.82 bits per heavy atom. The Morgan fingerprint density at radius 1 is 1.24 bits per heavy atom. The highest BCUT2D eigenvalue weighted by Gasteiger charge is 2.31. The van der Waals surface area contributed by atoms with E-state index in [2.05, 4.69) is 37.9 Å². The topological polar surface area (TPSA) is 58.4 Å². The second kappa shape index (κ2) is 8.48. The number of hydrogen-bond acceptors (Lipinski definition) is 3. The van der Waals surface area contributed by atoms with Gasteiger partial charge in [-0.25, -0.2) is 0 Å². The van der Waals surface area contributed by atoms with Crippen molar-refractivity contribution in [3.05, 3.63) is 0 Å². The van der Waals surface area contributed by atoms with E-state index in [1.807, 2.05) is 0 Å². The zero-order valence-electron chi connectivity index (χ0n) is 11.9. The van der Waals surface area contributed by atoms with E-state index in [-0.39, 0.29) is 11.4 Å². The Kier molecular flexibility index (Phi) is 8.17. The maximum absolute atomic E-state index is 11.8. The highest BCUT2D eigenvalue weighted by Crippen LogP contribution is 2.22. The molecule has 0 rings (SSSR count). The molecule has 0 saturated heterocycles. The number of nitrogens with two attached hydrogens (primary N) is 1. The van der Waals surface area contributed by atoms with Crippen molar-refractivity contribution in [2.75, 3.05) is 26.2 Å². The largest absolute Gasteiger partial charge is 0.355 e.